The number of esters is 1. The highest BCUT2D eigenvalue weighted by Gasteiger charge is 2.26. The summed E-state index contributed by atoms with van der Waals surface area (Å²) in [6, 6.07) is 5.47. The maximum atomic E-state index is 13.0. The molecule has 1 unspecified atom stereocenters. The van der Waals surface area contributed by atoms with Crippen molar-refractivity contribution in [1.82, 2.24) is 0 Å². The Morgan fingerprint density at radius 1 is 1.21 bits per heavy atom. The van der Waals surface area contributed by atoms with Gasteiger partial charge in [-0.1, -0.05) is 18.5 Å². The minimum Gasteiger partial charge on any atom is -0.460 e. The number of benzene rings is 1. The molecule has 0 bridgehead atoms. The third-order valence-corrected chi connectivity index (χ3v) is 5.16. The van der Waals surface area contributed by atoms with Crippen molar-refractivity contribution in [1.29, 1.82) is 0 Å². The van der Waals surface area contributed by atoms with Gasteiger partial charge in [-0.25, -0.2) is 0 Å². The molecule has 0 saturated carbocycles. The molecule has 2 aromatic rings. The molecule has 1 aromatic carbocycles. The van der Waals surface area contributed by atoms with Crippen LogP contribution in [-0.4, -0.2) is 29.3 Å². The first-order valence-corrected chi connectivity index (χ1v) is 10.5. The average Bonchev–Trinajstić information content (AvgIpc) is 3.02. The minimum atomic E-state index is -1.09. The molecule has 0 aliphatic rings. The van der Waals surface area contributed by atoms with E-state index >= 15 is 0 Å². The average molecular weight is 437 g/mol. The number of anilines is 1. The van der Waals surface area contributed by atoms with Crippen LogP contribution in [-0.2, 0) is 20.7 Å². The summed E-state index contributed by atoms with van der Waals surface area (Å²) >= 11 is 7.15. The predicted molar refractivity (Wildman–Crippen MR) is 116 cm³/mol. The number of nitrogens with one attached hydrogen (secondary N) is 1. The van der Waals surface area contributed by atoms with Crippen LogP contribution in [0.4, 0.5) is 5.00 Å². The van der Waals surface area contributed by atoms with Gasteiger partial charge in [0.15, 0.2) is 5.78 Å². The van der Waals surface area contributed by atoms with Crippen LogP contribution in [0, 0.1) is 0 Å². The molecule has 3 N–H and O–H groups in total. The molecule has 0 aliphatic carbocycles. The van der Waals surface area contributed by atoms with Crippen LogP contribution in [0.2, 0.25) is 5.02 Å². The van der Waals surface area contributed by atoms with Crippen molar-refractivity contribution in [2.24, 2.45) is 5.73 Å². The van der Waals surface area contributed by atoms with E-state index in [9.17, 15) is 14.4 Å². The fourth-order valence-electron chi connectivity index (χ4n) is 2.60. The molecule has 2 rings (SSSR count). The second kappa shape index (κ2) is 9.52. The number of hydrogen-bond acceptors (Lipinski definition) is 6. The Kier molecular flexibility index (Phi) is 7.57. The van der Waals surface area contributed by atoms with Gasteiger partial charge < -0.3 is 15.8 Å². The topological polar surface area (TPSA) is 98.5 Å². The first-order valence-electron chi connectivity index (χ1n) is 9.20. The van der Waals surface area contributed by atoms with Crippen LogP contribution in [0.5, 0.6) is 0 Å². The number of ketones is 1. The Labute approximate surface area is 179 Å². The van der Waals surface area contributed by atoms with Crippen molar-refractivity contribution >= 4 is 45.6 Å². The molecule has 0 radical (unpaired) electrons. The number of halogens is 1. The van der Waals surface area contributed by atoms with Gasteiger partial charge in [-0.05, 0) is 62.4 Å². The first kappa shape index (κ1) is 23.1. The van der Waals surface area contributed by atoms with Crippen molar-refractivity contribution in [3.8, 4) is 0 Å². The highest BCUT2D eigenvalue weighted by atomic mass is 35.5. The van der Waals surface area contributed by atoms with E-state index in [1.165, 1.54) is 11.3 Å². The largest absolute Gasteiger partial charge is 0.460 e. The molecule has 1 amide bonds. The number of carbonyl (C=O) groups is 3. The van der Waals surface area contributed by atoms with E-state index in [0.717, 1.165) is 5.56 Å². The predicted octanol–water partition coefficient (Wildman–Crippen LogP) is 4.19. The monoisotopic (exact) mass is 436 g/mol. The van der Waals surface area contributed by atoms with Crippen molar-refractivity contribution in [2.75, 3.05) is 5.32 Å². The molecule has 0 fully saturated rings. The van der Waals surface area contributed by atoms with Gasteiger partial charge in [-0.2, -0.15) is 0 Å². The molecule has 0 aliphatic heterocycles. The lowest BCUT2D eigenvalue weighted by Crippen LogP contribution is -2.39. The van der Waals surface area contributed by atoms with Crippen molar-refractivity contribution in [3.05, 3.63) is 51.4 Å². The molecular formula is C21H25ClN2O4S. The smallest absolute Gasteiger partial charge is 0.308 e. The fourth-order valence-corrected chi connectivity index (χ4v) is 3.77. The zero-order chi connectivity index (χ0) is 21.8. The number of thiophene rings is 1. The molecule has 1 heterocycles. The molecule has 29 heavy (non-hydrogen) atoms. The highest BCUT2D eigenvalue weighted by molar-refractivity contribution is 7.15. The maximum absolute atomic E-state index is 13.0. The zero-order valence-electron chi connectivity index (χ0n) is 16.9. The summed E-state index contributed by atoms with van der Waals surface area (Å²) in [5, 5.41) is 5.47. The normalized spacial score (nSPS) is 12.3. The molecule has 1 atom stereocenters. The van der Waals surface area contributed by atoms with Crippen LogP contribution < -0.4 is 11.1 Å². The quantitative estimate of drug-likeness (QED) is 0.500. The highest BCUT2D eigenvalue weighted by Crippen LogP contribution is 2.31. The summed E-state index contributed by atoms with van der Waals surface area (Å²) in [5.41, 5.74) is 6.93. The SMILES string of the molecule is CCc1csc(NC(=O)C(N)CC(=O)OC(C)(C)C)c1C(=O)c1ccc(Cl)cc1. The van der Waals surface area contributed by atoms with Gasteiger partial charge in [0.25, 0.3) is 0 Å². The minimum absolute atomic E-state index is 0.212. The number of amides is 1. The van der Waals surface area contributed by atoms with Gasteiger partial charge in [-0.3, -0.25) is 14.4 Å². The summed E-state index contributed by atoms with van der Waals surface area (Å²) in [4.78, 5) is 37.4. The van der Waals surface area contributed by atoms with Gasteiger partial charge >= 0.3 is 5.97 Å². The molecular weight excluding hydrogens is 412 g/mol. The number of rotatable bonds is 7. The van der Waals surface area contributed by atoms with Gasteiger partial charge in [-0.15, -0.1) is 11.3 Å². The van der Waals surface area contributed by atoms with Crippen LogP contribution in [0.1, 0.15) is 55.6 Å². The molecule has 8 heteroatoms. The number of carbonyl (C=O) groups excluding carboxylic acids is 3. The summed E-state index contributed by atoms with van der Waals surface area (Å²) in [6.45, 7) is 7.15. The maximum Gasteiger partial charge on any atom is 0.308 e. The first-order chi connectivity index (χ1) is 13.5. The van der Waals surface area contributed by atoms with Crippen molar-refractivity contribution in [3.63, 3.8) is 0 Å². The Hall–Kier alpha value is -2.22. The van der Waals surface area contributed by atoms with Crippen LogP contribution in [0.3, 0.4) is 0 Å². The standard InChI is InChI=1S/C21H25ClN2O4S/c1-5-12-11-29-20(17(12)18(26)13-6-8-14(22)9-7-13)24-19(27)15(23)10-16(25)28-21(2,3)4/h6-9,11,15H,5,10,23H2,1-4H3,(H,24,27). The summed E-state index contributed by atoms with van der Waals surface area (Å²) in [5.74, 6) is -1.32. The van der Waals surface area contributed by atoms with E-state index in [2.05, 4.69) is 5.32 Å². The second-order valence-corrected chi connectivity index (χ2v) is 8.86. The van der Waals surface area contributed by atoms with E-state index in [1.807, 2.05) is 12.3 Å². The lowest BCUT2D eigenvalue weighted by Gasteiger charge is -2.20. The Morgan fingerprint density at radius 2 is 1.83 bits per heavy atom. The number of nitrogens with two attached hydrogens (primary N) is 1. The zero-order valence-corrected chi connectivity index (χ0v) is 18.4. The molecule has 0 saturated heterocycles. The van der Waals surface area contributed by atoms with E-state index in [-0.39, 0.29) is 12.2 Å². The van der Waals surface area contributed by atoms with Crippen molar-refractivity contribution < 1.29 is 19.1 Å². The van der Waals surface area contributed by atoms with E-state index in [0.29, 0.717) is 27.6 Å². The van der Waals surface area contributed by atoms with Gasteiger partial charge in [0.1, 0.15) is 10.6 Å². The Bertz CT molecular complexity index is 900. The number of aryl methyl sites for hydroxylation is 1. The van der Waals surface area contributed by atoms with Crippen LogP contribution >= 0.6 is 22.9 Å². The Balaban J connectivity index is 2.18. The third-order valence-electron chi connectivity index (χ3n) is 3.96. The third kappa shape index (κ3) is 6.39. The molecule has 0 spiro atoms. The van der Waals surface area contributed by atoms with E-state index in [1.54, 1.807) is 45.0 Å². The fraction of sp³-hybridized carbons (Fsp3) is 0.381. The van der Waals surface area contributed by atoms with E-state index < -0.39 is 23.5 Å². The van der Waals surface area contributed by atoms with Crippen LogP contribution in [0.15, 0.2) is 29.6 Å². The lowest BCUT2D eigenvalue weighted by molar-refractivity contribution is -0.155. The summed E-state index contributed by atoms with van der Waals surface area (Å²) in [6.07, 6.45) is 0.376. The Morgan fingerprint density at radius 3 is 2.38 bits per heavy atom. The molecule has 1 aromatic heterocycles. The summed E-state index contributed by atoms with van der Waals surface area (Å²) in [7, 11) is 0. The number of hydrogen-bond donors (Lipinski definition) is 2. The van der Waals surface area contributed by atoms with Crippen molar-refractivity contribution in [2.45, 2.75) is 52.2 Å². The van der Waals surface area contributed by atoms with Gasteiger partial charge in [0, 0.05) is 10.6 Å². The van der Waals surface area contributed by atoms with Crippen LogP contribution in [0.25, 0.3) is 0 Å². The molecule has 6 nitrogen and oxygen atoms in total. The summed E-state index contributed by atoms with van der Waals surface area (Å²) < 4.78 is 5.20. The second-order valence-electron chi connectivity index (χ2n) is 7.54. The van der Waals surface area contributed by atoms with E-state index in [4.69, 9.17) is 22.1 Å². The van der Waals surface area contributed by atoms with Gasteiger partial charge in [0.2, 0.25) is 5.91 Å². The lowest BCUT2D eigenvalue weighted by atomic mass is 10.0. The molecule has 156 valence electrons. The number of ether oxygens (including phenoxy) is 1. The van der Waals surface area contributed by atoms with Gasteiger partial charge in [0.05, 0.1) is 18.0 Å².